The van der Waals surface area contributed by atoms with Gasteiger partial charge in [-0.25, -0.2) is 0 Å². The fourth-order valence-corrected chi connectivity index (χ4v) is 3.37. The number of benzene rings is 1. The van der Waals surface area contributed by atoms with E-state index < -0.39 is 0 Å². The molecule has 0 aromatic heterocycles. The van der Waals surface area contributed by atoms with Crippen LogP contribution in [0.1, 0.15) is 19.4 Å². The molecule has 0 unspecified atom stereocenters. The molecule has 0 saturated carbocycles. The first kappa shape index (κ1) is 11.8. The van der Waals surface area contributed by atoms with Gasteiger partial charge in [0.2, 0.25) is 0 Å². The van der Waals surface area contributed by atoms with E-state index in [-0.39, 0.29) is 0 Å². The van der Waals surface area contributed by atoms with Gasteiger partial charge in [0.25, 0.3) is 0 Å². The lowest BCUT2D eigenvalue weighted by molar-refractivity contribution is 0.252. The maximum absolute atomic E-state index is 5.79. The van der Waals surface area contributed by atoms with E-state index in [0.717, 1.165) is 18.8 Å². The molecule has 1 aromatic rings. The molecule has 2 rings (SSSR count). The fraction of sp³-hybridized carbons (Fsp3) is 0.538. The van der Waals surface area contributed by atoms with Gasteiger partial charge in [0.15, 0.2) is 0 Å². The Labute approximate surface area is 102 Å². The Kier molecular flexibility index (Phi) is 3.45. The molecule has 0 spiro atoms. The predicted molar refractivity (Wildman–Crippen MR) is 72.7 cm³/mol. The van der Waals surface area contributed by atoms with Crippen molar-refractivity contribution in [3.05, 3.63) is 29.8 Å². The van der Waals surface area contributed by atoms with Crippen LogP contribution in [-0.2, 0) is 6.54 Å². The minimum atomic E-state index is 0.387. The summed E-state index contributed by atoms with van der Waals surface area (Å²) in [5.74, 6) is 1.23. The number of hydrogen-bond donors (Lipinski definition) is 1. The van der Waals surface area contributed by atoms with Crippen LogP contribution in [0.4, 0.5) is 5.69 Å². The van der Waals surface area contributed by atoms with Gasteiger partial charge >= 0.3 is 0 Å². The van der Waals surface area contributed by atoms with E-state index in [2.05, 4.69) is 42.6 Å². The third-order valence-electron chi connectivity index (χ3n) is 2.86. The highest BCUT2D eigenvalue weighted by Crippen LogP contribution is 2.30. The normalized spacial score (nSPS) is 20.9. The monoisotopic (exact) mass is 236 g/mol. The Morgan fingerprint density at radius 1 is 1.44 bits per heavy atom. The van der Waals surface area contributed by atoms with Gasteiger partial charge in [-0.15, -0.1) is 0 Å². The van der Waals surface area contributed by atoms with Crippen LogP contribution in [-0.4, -0.2) is 28.5 Å². The lowest BCUT2D eigenvalue weighted by Gasteiger charge is -2.37. The summed E-state index contributed by atoms with van der Waals surface area (Å²) in [6.45, 7) is 8.01. The lowest BCUT2D eigenvalue weighted by Crippen LogP contribution is -2.42. The van der Waals surface area contributed by atoms with Crippen LogP contribution in [0.2, 0.25) is 0 Å². The molecule has 1 heterocycles. The van der Waals surface area contributed by atoms with E-state index in [1.165, 1.54) is 17.9 Å². The molecule has 0 amide bonds. The Hall–Kier alpha value is -0.670. The van der Waals surface area contributed by atoms with E-state index in [1.807, 2.05) is 12.1 Å². The van der Waals surface area contributed by atoms with Crippen molar-refractivity contribution in [3.8, 4) is 0 Å². The van der Waals surface area contributed by atoms with Crippen LogP contribution < -0.4 is 5.73 Å². The predicted octanol–water partition coefficient (Wildman–Crippen LogP) is 2.60. The highest BCUT2D eigenvalue weighted by molar-refractivity contribution is 8.00. The molecule has 1 aliphatic rings. The molecule has 2 N–H and O–H groups in total. The van der Waals surface area contributed by atoms with Gasteiger partial charge < -0.3 is 5.73 Å². The van der Waals surface area contributed by atoms with E-state index in [1.54, 1.807) is 0 Å². The highest BCUT2D eigenvalue weighted by Gasteiger charge is 2.26. The van der Waals surface area contributed by atoms with Gasteiger partial charge in [0.05, 0.1) is 0 Å². The summed E-state index contributed by atoms with van der Waals surface area (Å²) in [6, 6.07) is 8.22. The molecule has 0 aliphatic carbocycles. The number of nitrogens with zero attached hydrogens (tertiary/aromatic N) is 1. The summed E-state index contributed by atoms with van der Waals surface area (Å²) in [5.41, 5.74) is 7.98. The average molecular weight is 236 g/mol. The van der Waals surface area contributed by atoms with Gasteiger partial charge in [-0.05, 0) is 31.5 Å². The summed E-state index contributed by atoms with van der Waals surface area (Å²) in [7, 11) is 0. The molecule has 0 radical (unpaired) electrons. The lowest BCUT2D eigenvalue weighted by atomic mass is 10.1. The number of rotatable bonds is 2. The quantitative estimate of drug-likeness (QED) is 0.800. The molecule has 16 heavy (non-hydrogen) atoms. The molecule has 1 aliphatic heterocycles. The van der Waals surface area contributed by atoms with Crippen LogP contribution >= 0.6 is 11.8 Å². The molecule has 0 atom stereocenters. The van der Waals surface area contributed by atoms with Crippen molar-refractivity contribution >= 4 is 17.4 Å². The third-order valence-corrected chi connectivity index (χ3v) is 4.16. The summed E-state index contributed by atoms with van der Waals surface area (Å²) >= 11 is 2.07. The minimum absolute atomic E-state index is 0.387. The molecule has 2 nitrogen and oxygen atoms in total. The highest BCUT2D eigenvalue weighted by atomic mass is 32.2. The Morgan fingerprint density at radius 3 is 2.94 bits per heavy atom. The second kappa shape index (κ2) is 4.68. The maximum atomic E-state index is 5.79. The van der Waals surface area contributed by atoms with Gasteiger partial charge in [-0.3, -0.25) is 4.90 Å². The molecular formula is C13H20N2S. The minimum Gasteiger partial charge on any atom is -0.399 e. The molecule has 88 valence electrons. The van der Waals surface area contributed by atoms with Crippen molar-refractivity contribution in [2.45, 2.75) is 25.1 Å². The third kappa shape index (κ3) is 3.16. The standard InChI is InChI=1S/C13H20N2S/c1-13(2)10-15(6-7-16-13)9-11-4-3-5-12(14)8-11/h3-5,8H,6-7,9-10,14H2,1-2H3. The van der Waals surface area contributed by atoms with Crippen LogP contribution in [0.25, 0.3) is 0 Å². The summed E-state index contributed by atoms with van der Waals surface area (Å²) in [4.78, 5) is 2.52. The number of hydrogen-bond acceptors (Lipinski definition) is 3. The van der Waals surface area contributed by atoms with Crippen molar-refractivity contribution in [2.75, 3.05) is 24.6 Å². The van der Waals surface area contributed by atoms with E-state index >= 15 is 0 Å². The summed E-state index contributed by atoms with van der Waals surface area (Å²) in [6.07, 6.45) is 0. The zero-order chi connectivity index (χ0) is 11.6. The average Bonchev–Trinajstić information content (AvgIpc) is 2.15. The zero-order valence-electron chi connectivity index (χ0n) is 10.1. The SMILES string of the molecule is CC1(C)CN(Cc2cccc(N)c2)CCS1. The van der Waals surface area contributed by atoms with E-state index in [0.29, 0.717) is 4.75 Å². The first-order valence-corrected chi connectivity index (χ1v) is 6.74. The topological polar surface area (TPSA) is 29.3 Å². The fourth-order valence-electron chi connectivity index (χ4n) is 2.20. The second-order valence-electron chi connectivity index (χ2n) is 5.06. The van der Waals surface area contributed by atoms with Gasteiger partial charge in [-0.2, -0.15) is 11.8 Å². The molecule has 1 aromatic carbocycles. The number of thioether (sulfide) groups is 1. The largest absolute Gasteiger partial charge is 0.399 e. The van der Waals surface area contributed by atoms with Gasteiger partial charge in [0.1, 0.15) is 0 Å². The molecule has 0 bridgehead atoms. The van der Waals surface area contributed by atoms with Crippen molar-refractivity contribution in [1.29, 1.82) is 0 Å². The molecule has 3 heteroatoms. The van der Waals surface area contributed by atoms with Crippen molar-refractivity contribution in [2.24, 2.45) is 0 Å². The maximum Gasteiger partial charge on any atom is 0.0317 e. The Bertz CT molecular complexity index is 363. The van der Waals surface area contributed by atoms with Gasteiger partial charge in [-0.1, -0.05) is 12.1 Å². The second-order valence-corrected chi connectivity index (χ2v) is 6.87. The van der Waals surface area contributed by atoms with Crippen molar-refractivity contribution < 1.29 is 0 Å². The zero-order valence-corrected chi connectivity index (χ0v) is 10.9. The number of anilines is 1. The number of nitrogen functional groups attached to an aromatic ring is 1. The smallest absolute Gasteiger partial charge is 0.0317 e. The molecular weight excluding hydrogens is 216 g/mol. The first-order valence-electron chi connectivity index (χ1n) is 5.76. The van der Waals surface area contributed by atoms with Crippen molar-refractivity contribution in [1.82, 2.24) is 4.90 Å². The first-order chi connectivity index (χ1) is 7.55. The van der Waals surface area contributed by atoms with E-state index in [9.17, 15) is 0 Å². The number of nitrogens with two attached hydrogens (primary N) is 1. The Morgan fingerprint density at radius 2 is 2.25 bits per heavy atom. The van der Waals surface area contributed by atoms with E-state index in [4.69, 9.17) is 5.73 Å². The van der Waals surface area contributed by atoms with Crippen LogP contribution in [0.3, 0.4) is 0 Å². The Balaban J connectivity index is 1.99. The molecule has 1 fully saturated rings. The summed E-state index contributed by atoms with van der Waals surface area (Å²) < 4.78 is 0.387. The van der Waals surface area contributed by atoms with Gasteiger partial charge in [0, 0.05) is 35.8 Å². The van der Waals surface area contributed by atoms with Crippen molar-refractivity contribution in [3.63, 3.8) is 0 Å². The molecule has 1 saturated heterocycles. The van der Waals surface area contributed by atoms with Crippen LogP contribution in [0, 0.1) is 0 Å². The van der Waals surface area contributed by atoms with Crippen LogP contribution in [0.5, 0.6) is 0 Å². The van der Waals surface area contributed by atoms with Crippen LogP contribution in [0.15, 0.2) is 24.3 Å². The summed E-state index contributed by atoms with van der Waals surface area (Å²) in [5, 5.41) is 0.